The molecular weight excluding hydrogens is 156 g/mol. The molecule has 0 nitrogen and oxygen atoms in total. The molecule has 13 heavy (non-hydrogen) atoms. The minimum Gasteiger partial charge on any atom is -0.103 e. The summed E-state index contributed by atoms with van der Waals surface area (Å²) in [7, 11) is 0. The fraction of sp³-hybridized carbons (Fsp3) is 0.692. The van der Waals surface area contributed by atoms with E-state index in [1.54, 1.807) is 11.1 Å². The van der Waals surface area contributed by atoms with Crippen LogP contribution in [0.4, 0.5) is 0 Å². The fourth-order valence-electron chi connectivity index (χ4n) is 1.83. The van der Waals surface area contributed by atoms with Crippen molar-refractivity contribution in [2.24, 2.45) is 17.8 Å². The Bertz CT molecular complexity index is 220. The Morgan fingerprint density at radius 1 is 1.38 bits per heavy atom. The molecule has 2 unspecified atom stereocenters. The molecule has 0 aromatic carbocycles. The van der Waals surface area contributed by atoms with Crippen molar-refractivity contribution >= 4 is 0 Å². The Labute approximate surface area is 82.7 Å². The topological polar surface area (TPSA) is 0 Å². The maximum Gasteiger partial charge on any atom is 0.00444 e. The molecule has 0 amide bonds. The molecule has 1 aliphatic carbocycles. The summed E-state index contributed by atoms with van der Waals surface area (Å²) in [6, 6.07) is 0. The molecule has 0 N–H and O–H groups in total. The van der Waals surface area contributed by atoms with E-state index < -0.39 is 0 Å². The monoisotopic (exact) mass is 178 g/mol. The fourth-order valence-corrected chi connectivity index (χ4v) is 1.83. The molecule has 2 atom stereocenters. The molecule has 0 heterocycles. The Morgan fingerprint density at radius 3 is 2.46 bits per heavy atom. The van der Waals surface area contributed by atoms with E-state index in [-0.39, 0.29) is 0 Å². The largest absolute Gasteiger partial charge is 0.103 e. The molecule has 0 heteroatoms. The summed E-state index contributed by atoms with van der Waals surface area (Å²) in [4.78, 5) is 0. The lowest BCUT2D eigenvalue weighted by Gasteiger charge is -2.13. The van der Waals surface area contributed by atoms with Gasteiger partial charge in [0.1, 0.15) is 0 Å². The van der Waals surface area contributed by atoms with Gasteiger partial charge in [-0.3, -0.25) is 0 Å². The van der Waals surface area contributed by atoms with Crippen LogP contribution >= 0.6 is 0 Å². The van der Waals surface area contributed by atoms with Gasteiger partial charge in [0, 0.05) is 5.92 Å². The van der Waals surface area contributed by atoms with Gasteiger partial charge in [-0.2, -0.15) is 0 Å². The molecule has 0 spiro atoms. The van der Waals surface area contributed by atoms with Gasteiger partial charge in [0.25, 0.3) is 0 Å². The third kappa shape index (κ3) is 2.46. The van der Waals surface area contributed by atoms with Gasteiger partial charge in [-0.15, -0.1) is 6.58 Å². The first-order valence-corrected chi connectivity index (χ1v) is 5.38. The molecule has 0 radical (unpaired) electrons. The van der Waals surface area contributed by atoms with Crippen molar-refractivity contribution in [3.8, 4) is 0 Å². The quantitative estimate of drug-likeness (QED) is 0.554. The summed E-state index contributed by atoms with van der Waals surface area (Å²) in [5.41, 5.74) is 3.34. The predicted octanol–water partition coefficient (Wildman–Crippen LogP) is 4.19. The molecule has 74 valence electrons. The van der Waals surface area contributed by atoms with Gasteiger partial charge < -0.3 is 0 Å². The number of rotatable bonds is 5. The summed E-state index contributed by atoms with van der Waals surface area (Å²) in [5.74, 6) is 2.43. The van der Waals surface area contributed by atoms with Crippen molar-refractivity contribution in [2.75, 3.05) is 0 Å². The Kier molecular flexibility index (Phi) is 3.35. The van der Waals surface area contributed by atoms with E-state index in [4.69, 9.17) is 0 Å². The minimum absolute atomic E-state index is 0.790. The SMILES string of the molecule is C=CCC1C(C)=C1CC(C)C(C)C. The molecule has 0 bridgehead atoms. The lowest BCUT2D eigenvalue weighted by Crippen LogP contribution is -2.03. The number of allylic oxidation sites excluding steroid dienone is 3. The third-order valence-electron chi connectivity index (χ3n) is 3.45. The van der Waals surface area contributed by atoms with Crippen molar-refractivity contribution in [2.45, 2.75) is 40.5 Å². The van der Waals surface area contributed by atoms with E-state index in [2.05, 4.69) is 34.3 Å². The highest BCUT2D eigenvalue weighted by molar-refractivity contribution is 5.40. The summed E-state index contributed by atoms with van der Waals surface area (Å²) in [6.45, 7) is 13.0. The molecule has 0 aliphatic heterocycles. The maximum atomic E-state index is 3.80. The predicted molar refractivity (Wildman–Crippen MR) is 59.6 cm³/mol. The molecule has 0 saturated carbocycles. The van der Waals surface area contributed by atoms with Gasteiger partial charge in [0.15, 0.2) is 0 Å². The van der Waals surface area contributed by atoms with Gasteiger partial charge >= 0.3 is 0 Å². The highest BCUT2D eigenvalue weighted by Gasteiger charge is 2.32. The van der Waals surface area contributed by atoms with Crippen LogP contribution in [0.5, 0.6) is 0 Å². The van der Waals surface area contributed by atoms with Crippen molar-refractivity contribution in [3.05, 3.63) is 23.8 Å². The first-order valence-electron chi connectivity index (χ1n) is 5.38. The second-order valence-electron chi connectivity index (χ2n) is 4.71. The normalized spacial score (nSPS) is 23.6. The van der Waals surface area contributed by atoms with E-state index >= 15 is 0 Å². The Balaban J connectivity index is 2.35. The van der Waals surface area contributed by atoms with Crippen molar-refractivity contribution in [1.29, 1.82) is 0 Å². The second-order valence-corrected chi connectivity index (χ2v) is 4.71. The molecule has 1 aliphatic rings. The summed E-state index contributed by atoms with van der Waals surface area (Å²) in [6.07, 6.45) is 4.51. The molecule has 0 aromatic heterocycles. The van der Waals surface area contributed by atoms with Crippen molar-refractivity contribution in [3.63, 3.8) is 0 Å². The van der Waals surface area contributed by atoms with Crippen LogP contribution in [-0.4, -0.2) is 0 Å². The van der Waals surface area contributed by atoms with Gasteiger partial charge in [-0.25, -0.2) is 0 Å². The van der Waals surface area contributed by atoms with Gasteiger partial charge in [0.05, 0.1) is 0 Å². The van der Waals surface area contributed by atoms with Crippen LogP contribution < -0.4 is 0 Å². The van der Waals surface area contributed by atoms with Crippen molar-refractivity contribution in [1.82, 2.24) is 0 Å². The minimum atomic E-state index is 0.790. The zero-order chi connectivity index (χ0) is 10.0. The Morgan fingerprint density at radius 2 is 2.00 bits per heavy atom. The first-order chi connectivity index (χ1) is 6.07. The highest BCUT2D eigenvalue weighted by atomic mass is 14.4. The summed E-state index contributed by atoms with van der Waals surface area (Å²) >= 11 is 0. The van der Waals surface area contributed by atoms with E-state index in [9.17, 15) is 0 Å². The van der Waals surface area contributed by atoms with Gasteiger partial charge in [-0.1, -0.05) is 38.0 Å². The molecule has 0 saturated heterocycles. The Hall–Kier alpha value is -0.520. The van der Waals surface area contributed by atoms with E-state index in [1.807, 2.05) is 6.08 Å². The smallest absolute Gasteiger partial charge is 0.00444 e. The van der Waals surface area contributed by atoms with Crippen LogP contribution in [0.25, 0.3) is 0 Å². The lowest BCUT2D eigenvalue weighted by molar-refractivity contribution is 0.415. The van der Waals surface area contributed by atoms with Crippen LogP contribution in [0.15, 0.2) is 23.8 Å². The average Bonchev–Trinajstić information content (AvgIpc) is 2.64. The van der Waals surface area contributed by atoms with E-state index in [1.165, 1.54) is 6.42 Å². The van der Waals surface area contributed by atoms with Crippen LogP contribution in [0.3, 0.4) is 0 Å². The van der Waals surface area contributed by atoms with E-state index in [0.29, 0.717) is 0 Å². The third-order valence-corrected chi connectivity index (χ3v) is 3.45. The van der Waals surface area contributed by atoms with E-state index in [0.717, 1.165) is 24.2 Å². The summed E-state index contributed by atoms with van der Waals surface area (Å²) in [5, 5.41) is 0. The standard InChI is InChI=1S/C13H22/c1-6-7-12-11(5)13(12)8-10(4)9(2)3/h6,9-10,12H,1,7-8H2,2-5H3. The zero-order valence-electron chi connectivity index (χ0n) is 9.43. The highest BCUT2D eigenvalue weighted by Crippen LogP contribution is 2.46. The molecule has 1 rings (SSSR count). The van der Waals surface area contributed by atoms with Crippen LogP contribution in [0, 0.1) is 17.8 Å². The van der Waals surface area contributed by atoms with Crippen LogP contribution in [0.2, 0.25) is 0 Å². The average molecular weight is 178 g/mol. The number of hydrogen-bond acceptors (Lipinski definition) is 0. The molecule has 0 fully saturated rings. The molecule has 0 aromatic rings. The second kappa shape index (κ2) is 4.13. The maximum absolute atomic E-state index is 3.80. The lowest BCUT2D eigenvalue weighted by atomic mass is 9.92. The van der Waals surface area contributed by atoms with Crippen molar-refractivity contribution < 1.29 is 0 Å². The first kappa shape index (κ1) is 10.6. The van der Waals surface area contributed by atoms with Crippen LogP contribution in [0.1, 0.15) is 40.5 Å². The number of hydrogen-bond donors (Lipinski definition) is 0. The summed E-state index contributed by atoms with van der Waals surface area (Å²) < 4.78 is 0. The van der Waals surface area contributed by atoms with Gasteiger partial charge in [-0.05, 0) is 31.6 Å². The molecular formula is C13H22. The zero-order valence-corrected chi connectivity index (χ0v) is 9.43. The van der Waals surface area contributed by atoms with Gasteiger partial charge in [0.2, 0.25) is 0 Å². The van der Waals surface area contributed by atoms with Crippen LogP contribution in [-0.2, 0) is 0 Å².